The zero-order valence-corrected chi connectivity index (χ0v) is 26.9. The molecule has 1 aliphatic carbocycles. The molecule has 4 aromatic heterocycles. The second-order valence-corrected chi connectivity index (χ2v) is 11.9. The standard InChI is InChI=1S/C44H29N5O/c1-4-15-30(16-5-1)42-46-43(31-17-6-2-7-18-31)48-44(47-42)32-27-28-41(45-29-32)49-37-23-8-3-9-25-39-36(35-20-11-13-26-40(35)50-39)22-14-21-34(37)33-19-10-12-24-38(33)49/h1-29H/b8-3?,9-3-,21-14+,22-14?,23-8-,25-9?,34-21?,36-22+,37-23?,39-25+. The molecule has 0 N–H and O–H groups in total. The van der Waals surface area contributed by atoms with Gasteiger partial charge in [0.05, 0.1) is 11.2 Å². The van der Waals surface area contributed by atoms with E-state index in [-0.39, 0.29) is 0 Å². The van der Waals surface area contributed by atoms with E-state index in [0.717, 1.165) is 66.3 Å². The Kier molecular flexibility index (Phi) is 7.37. The van der Waals surface area contributed by atoms with Crippen LogP contribution in [0.1, 0.15) is 11.3 Å². The maximum atomic E-state index is 6.17. The minimum Gasteiger partial charge on any atom is -0.456 e. The zero-order chi connectivity index (χ0) is 33.3. The number of hydrogen-bond donors (Lipinski definition) is 0. The molecule has 1 aliphatic rings. The average molecular weight is 644 g/mol. The number of fused-ring (bicyclic) bond motifs is 6. The summed E-state index contributed by atoms with van der Waals surface area (Å²) < 4.78 is 8.38. The summed E-state index contributed by atoms with van der Waals surface area (Å²) in [4.78, 5) is 19.6. The molecule has 0 unspecified atom stereocenters. The van der Waals surface area contributed by atoms with Crippen LogP contribution in [0.3, 0.4) is 0 Å². The van der Waals surface area contributed by atoms with Gasteiger partial charge in [-0.15, -0.1) is 0 Å². The van der Waals surface area contributed by atoms with Crippen molar-refractivity contribution in [3.05, 3.63) is 174 Å². The van der Waals surface area contributed by atoms with Crippen LogP contribution in [-0.2, 0) is 0 Å². The molecule has 0 bridgehead atoms. The lowest BCUT2D eigenvalue weighted by Gasteiger charge is -2.10. The second-order valence-electron chi connectivity index (χ2n) is 11.9. The Balaban J connectivity index is 1.17. The predicted octanol–water partition coefficient (Wildman–Crippen LogP) is 8.82. The van der Waals surface area contributed by atoms with Crippen molar-refractivity contribution in [2.75, 3.05) is 0 Å². The number of aromatic nitrogens is 5. The summed E-state index contributed by atoms with van der Waals surface area (Å²) in [5, 5.41) is 3.27. The third-order valence-corrected chi connectivity index (χ3v) is 8.80. The topological polar surface area (TPSA) is 69.6 Å². The molecule has 8 aromatic rings. The third-order valence-electron chi connectivity index (χ3n) is 8.80. The van der Waals surface area contributed by atoms with Gasteiger partial charge >= 0.3 is 0 Å². The van der Waals surface area contributed by atoms with Crippen LogP contribution in [0.4, 0.5) is 0 Å². The molecule has 0 fully saturated rings. The Hall–Kier alpha value is -6.92. The maximum absolute atomic E-state index is 6.17. The van der Waals surface area contributed by atoms with Crippen molar-refractivity contribution in [2.24, 2.45) is 0 Å². The van der Waals surface area contributed by atoms with Gasteiger partial charge in [-0.1, -0.05) is 134 Å². The summed E-state index contributed by atoms with van der Waals surface area (Å²) in [6.45, 7) is 0. The molecule has 6 nitrogen and oxygen atoms in total. The monoisotopic (exact) mass is 643 g/mol. The number of pyridine rings is 1. The van der Waals surface area contributed by atoms with Gasteiger partial charge in [-0.2, -0.15) is 0 Å². The summed E-state index contributed by atoms with van der Waals surface area (Å²) in [7, 11) is 0. The molecular formula is C44H29N5O. The predicted molar refractivity (Wildman–Crippen MR) is 202 cm³/mol. The van der Waals surface area contributed by atoms with E-state index in [0.29, 0.717) is 17.5 Å². The summed E-state index contributed by atoms with van der Waals surface area (Å²) in [5.74, 6) is 2.59. The number of rotatable bonds is 4. The number of allylic oxidation sites excluding steroid dienone is 4. The molecule has 0 saturated heterocycles. The number of benzene rings is 4. The van der Waals surface area contributed by atoms with Crippen LogP contribution in [0.2, 0.25) is 0 Å². The van der Waals surface area contributed by atoms with Crippen LogP contribution in [0, 0.1) is 0 Å². The molecule has 0 radical (unpaired) electrons. The van der Waals surface area contributed by atoms with E-state index in [1.54, 1.807) is 0 Å². The van der Waals surface area contributed by atoms with Gasteiger partial charge in [0.1, 0.15) is 16.8 Å². The molecule has 0 atom stereocenters. The van der Waals surface area contributed by atoms with Gasteiger partial charge in [0.2, 0.25) is 0 Å². The molecular weight excluding hydrogens is 615 g/mol. The first-order valence-corrected chi connectivity index (χ1v) is 16.5. The van der Waals surface area contributed by atoms with Crippen molar-refractivity contribution in [3.8, 4) is 40.0 Å². The lowest BCUT2D eigenvalue weighted by atomic mass is 10.1. The highest BCUT2D eigenvalue weighted by atomic mass is 16.3. The van der Waals surface area contributed by atoms with Gasteiger partial charge in [0.15, 0.2) is 17.5 Å². The van der Waals surface area contributed by atoms with Crippen LogP contribution >= 0.6 is 0 Å². The first-order valence-electron chi connectivity index (χ1n) is 16.5. The lowest BCUT2D eigenvalue weighted by Crippen LogP contribution is -2.19. The largest absolute Gasteiger partial charge is 0.456 e. The molecule has 0 amide bonds. The summed E-state index contributed by atoms with van der Waals surface area (Å²) >= 11 is 0. The Morgan fingerprint density at radius 3 is 1.88 bits per heavy atom. The van der Waals surface area contributed by atoms with Crippen LogP contribution in [0.25, 0.3) is 86.2 Å². The molecule has 0 spiro atoms. The normalized spacial score (nSPS) is 15.8. The van der Waals surface area contributed by atoms with Crippen LogP contribution in [0.15, 0.2) is 156 Å². The minimum atomic E-state index is 0.565. The van der Waals surface area contributed by atoms with Crippen molar-refractivity contribution in [2.45, 2.75) is 0 Å². The molecule has 4 heterocycles. The average Bonchev–Trinajstić information content (AvgIpc) is 3.69. The van der Waals surface area contributed by atoms with E-state index in [4.69, 9.17) is 24.4 Å². The lowest BCUT2D eigenvalue weighted by molar-refractivity contribution is 0.576. The smallest absolute Gasteiger partial charge is 0.165 e. The van der Waals surface area contributed by atoms with E-state index in [2.05, 4.69) is 65.3 Å². The van der Waals surface area contributed by atoms with Crippen LogP contribution < -0.4 is 10.6 Å². The maximum Gasteiger partial charge on any atom is 0.165 e. The van der Waals surface area contributed by atoms with Crippen molar-refractivity contribution >= 4 is 46.2 Å². The fourth-order valence-electron chi connectivity index (χ4n) is 6.43. The number of furan rings is 1. The molecule has 4 aromatic carbocycles. The fourth-order valence-corrected chi connectivity index (χ4v) is 6.43. The van der Waals surface area contributed by atoms with Crippen LogP contribution in [0.5, 0.6) is 0 Å². The highest BCUT2D eigenvalue weighted by Crippen LogP contribution is 2.32. The van der Waals surface area contributed by atoms with Gasteiger partial charge in [-0.25, -0.2) is 19.9 Å². The molecule has 6 heteroatoms. The fraction of sp³-hybridized carbons (Fsp3) is 0. The van der Waals surface area contributed by atoms with Gasteiger partial charge < -0.3 is 4.42 Å². The van der Waals surface area contributed by atoms with Crippen molar-refractivity contribution in [1.82, 2.24) is 24.5 Å². The second kappa shape index (κ2) is 12.6. The highest BCUT2D eigenvalue weighted by Gasteiger charge is 2.17. The number of nitrogens with zero attached hydrogens (tertiary/aromatic N) is 5. The Morgan fingerprint density at radius 1 is 0.500 bits per heavy atom. The molecule has 236 valence electrons. The van der Waals surface area contributed by atoms with Gasteiger partial charge in [0.25, 0.3) is 0 Å². The van der Waals surface area contributed by atoms with Crippen molar-refractivity contribution < 1.29 is 4.42 Å². The van der Waals surface area contributed by atoms with Crippen molar-refractivity contribution in [3.63, 3.8) is 0 Å². The van der Waals surface area contributed by atoms with E-state index in [9.17, 15) is 0 Å². The molecule has 0 aliphatic heterocycles. The quantitative estimate of drug-likeness (QED) is 0.192. The summed E-state index contributed by atoms with van der Waals surface area (Å²) in [5.41, 5.74) is 7.54. The van der Waals surface area contributed by atoms with Gasteiger partial charge in [-0.3, -0.25) is 4.57 Å². The van der Waals surface area contributed by atoms with Gasteiger partial charge in [0, 0.05) is 44.4 Å². The van der Waals surface area contributed by atoms with Crippen LogP contribution in [-0.4, -0.2) is 24.5 Å². The van der Waals surface area contributed by atoms with E-state index >= 15 is 0 Å². The Bertz CT molecular complexity index is 2680. The number of hydrogen-bond acceptors (Lipinski definition) is 5. The SMILES string of the molecule is C1=C\C=c2\oc3ccccc3\c2=C/C=C/c2c(n(-c3ccc(-c4nc(-c5ccccc5)nc(-c5ccccc5)n4)cn3)c3ccccc23)\C=C/1. The summed E-state index contributed by atoms with van der Waals surface area (Å²) in [6, 6.07) is 40.6. The minimum absolute atomic E-state index is 0.565. The summed E-state index contributed by atoms with van der Waals surface area (Å²) in [6.07, 6.45) is 18.5. The Labute approximate surface area is 288 Å². The molecule has 50 heavy (non-hydrogen) atoms. The van der Waals surface area contributed by atoms with Crippen molar-refractivity contribution in [1.29, 1.82) is 0 Å². The zero-order valence-electron chi connectivity index (χ0n) is 26.9. The number of para-hydroxylation sites is 2. The van der Waals surface area contributed by atoms with E-state index in [1.807, 2.05) is 115 Å². The molecule has 9 rings (SSSR count). The Morgan fingerprint density at radius 2 is 1.16 bits per heavy atom. The molecule has 0 saturated carbocycles. The van der Waals surface area contributed by atoms with E-state index in [1.165, 1.54) is 0 Å². The van der Waals surface area contributed by atoms with E-state index < -0.39 is 0 Å². The third kappa shape index (κ3) is 5.35. The first kappa shape index (κ1) is 29.2. The highest BCUT2D eigenvalue weighted by molar-refractivity contribution is 5.96. The first-order chi connectivity index (χ1) is 24.8. The van der Waals surface area contributed by atoms with Gasteiger partial charge in [-0.05, 0) is 36.4 Å².